The van der Waals surface area contributed by atoms with Crippen LogP contribution in [0.1, 0.15) is 72.6 Å². The Morgan fingerprint density at radius 2 is 1.64 bits per heavy atom. The van der Waals surface area contributed by atoms with Crippen molar-refractivity contribution in [3.63, 3.8) is 0 Å². The Morgan fingerprint density at radius 1 is 0.949 bits per heavy atom. The Kier molecular flexibility index (Phi) is 8.17. The van der Waals surface area contributed by atoms with E-state index in [9.17, 15) is 23.1 Å². The zero-order valence-electron chi connectivity index (χ0n) is 22.3. The van der Waals surface area contributed by atoms with E-state index in [-0.39, 0.29) is 22.3 Å². The van der Waals surface area contributed by atoms with Gasteiger partial charge in [0.05, 0.1) is 28.1 Å². The minimum atomic E-state index is -4.14. The van der Waals surface area contributed by atoms with E-state index in [1.807, 2.05) is 27.7 Å². The third-order valence-electron chi connectivity index (χ3n) is 6.66. The summed E-state index contributed by atoms with van der Waals surface area (Å²) in [5.74, 6) is -2.58. The van der Waals surface area contributed by atoms with Crippen LogP contribution in [-0.2, 0) is 33.1 Å². The number of rotatable bonds is 9. The lowest BCUT2D eigenvalue weighted by Crippen LogP contribution is -2.35. The second-order valence-corrected chi connectivity index (χ2v) is 12.8. The zero-order valence-corrected chi connectivity index (χ0v) is 23.9. The van der Waals surface area contributed by atoms with Crippen molar-refractivity contribution in [1.82, 2.24) is 13.5 Å². The van der Waals surface area contributed by atoms with Crippen LogP contribution in [0, 0.1) is 0 Å². The number of fused-ring (bicyclic) bond motifs is 1. The van der Waals surface area contributed by atoms with Crippen molar-refractivity contribution in [3.8, 4) is 0 Å². The number of aryl methyl sites for hydroxylation is 1. The van der Waals surface area contributed by atoms with Gasteiger partial charge < -0.3 is 5.11 Å². The number of nitrogens with zero attached hydrogens (tertiary/aromatic N) is 2. The molecule has 1 atom stereocenters. The number of hydrogen-bond donors (Lipinski definition) is 2. The van der Waals surface area contributed by atoms with Gasteiger partial charge in [0, 0.05) is 0 Å². The molecular weight excluding hydrogens is 534 g/mol. The van der Waals surface area contributed by atoms with E-state index in [1.165, 1.54) is 18.2 Å². The summed E-state index contributed by atoms with van der Waals surface area (Å²) in [5.41, 5.74) is 4.49. The summed E-state index contributed by atoms with van der Waals surface area (Å²) in [6.07, 6.45) is 1.59. The molecule has 1 aromatic heterocycles. The second-order valence-electron chi connectivity index (χ2n) is 10.6. The molecule has 1 amide bonds. The third kappa shape index (κ3) is 6.51. The highest BCUT2D eigenvalue weighted by atomic mass is 32.2. The molecule has 0 saturated carbocycles. The second kappa shape index (κ2) is 11.2. The Morgan fingerprint density at radius 3 is 2.28 bits per heavy atom. The number of carboxylic acid groups (broad SMARTS) is 1. The predicted molar refractivity (Wildman–Crippen MR) is 152 cm³/mol. The maximum atomic E-state index is 13.7. The van der Waals surface area contributed by atoms with Gasteiger partial charge in [-0.05, 0) is 76.9 Å². The van der Waals surface area contributed by atoms with Crippen molar-refractivity contribution in [2.45, 2.75) is 63.2 Å². The molecule has 3 aromatic carbocycles. The van der Waals surface area contributed by atoms with Crippen molar-refractivity contribution in [3.05, 3.63) is 88.5 Å². The minimum Gasteiger partial charge on any atom is -0.478 e. The van der Waals surface area contributed by atoms with Crippen molar-refractivity contribution in [2.75, 3.05) is 0 Å². The highest BCUT2D eigenvalue weighted by Gasteiger charge is 2.28. The summed E-state index contributed by atoms with van der Waals surface area (Å²) in [6, 6.07) is 16.6. The van der Waals surface area contributed by atoms with E-state index in [2.05, 4.69) is 13.5 Å². The molecule has 0 radical (unpaired) electrons. The van der Waals surface area contributed by atoms with Gasteiger partial charge in [-0.3, -0.25) is 4.79 Å². The van der Waals surface area contributed by atoms with E-state index in [0.717, 1.165) is 34.8 Å². The molecule has 0 bridgehead atoms. The summed E-state index contributed by atoms with van der Waals surface area (Å²) < 4.78 is 37.2. The zero-order chi connectivity index (χ0) is 28.4. The van der Waals surface area contributed by atoms with Gasteiger partial charge >= 0.3 is 5.97 Å². The fourth-order valence-electron chi connectivity index (χ4n) is 4.45. The third-order valence-corrected chi connectivity index (χ3v) is 8.58. The quantitative estimate of drug-likeness (QED) is 0.275. The molecule has 10 heteroatoms. The number of sulfonamides is 1. The van der Waals surface area contributed by atoms with Crippen molar-refractivity contribution >= 4 is 44.7 Å². The van der Waals surface area contributed by atoms with Crippen LogP contribution in [0.4, 0.5) is 0 Å². The number of hydrogen-bond acceptors (Lipinski definition) is 7. The smallest absolute Gasteiger partial charge is 0.335 e. The van der Waals surface area contributed by atoms with E-state index in [4.69, 9.17) is 0 Å². The number of aromatic carboxylic acids is 1. The highest BCUT2D eigenvalue weighted by molar-refractivity contribution is 7.90. The molecule has 4 aromatic rings. The van der Waals surface area contributed by atoms with Gasteiger partial charge in [0.25, 0.3) is 10.0 Å². The van der Waals surface area contributed by atoms with E-state index < -0.39 is 27.8 Å². The molecule has 0 fully saturated rings. The Bertz CT molecular complexity index is 1620. The molecule has 0 aliphatic rings. The molecular formula is C29H31N3O5S2. The first kappa shape index (κ1) is 28.4. The van der Waals surface area contributed by atoms with Crippen LogP contribution in [-0.4, -0.2) is 34.1 Å². The largest absolute Gasteiger partial charge is 0.478 e. The van der Waals surface area contributed by atoms with Gasteiger partial charge in [-0.25, -0.2) is 17.9 Å². The van der Waals surface area contributed by atoms with Gasteiger partial charge in [0.2, 0.25) is 5.91 Å². The van der Waals surface area contributed by atoms with Gasteiger partial charge in [-0.15, -0.1) is 0 Å². The molecule has 204 valence electrons. The summed E-state index contributed by atoms with van der Waals surface area (Å²) in [4.78, 5) is 25.2. The number of amides is 1. The summed E-state index contributed by atoms with van der Waals surface area (Å²) in [5, 5.41) is 9.45. The Labute approximate surface area is 232 Å². The van der Waals surface area contributed by atoms with E-state index in [0.29, 0.717) is 23.0 Å². The first-order valence-electron chi connectivity index (χ1n) is 12.6. The maximum Gasteiger partial charge on any atom is 0.335 e. The van der Waals surface area contributed by atoms with Crippen LogP contribution in [0.15, 0.2) is 65.6 Å². The van der Waals surface area contributed by atoms with Crippen molar-refractivity contribution < 1.29 is 23.1 Å². The van der Waals surface area contributed by atoms with Crippen LogP contribution < -0.4 is 4.72 Å². The Hall–Kier alpha value is -3.63. The fourth-order valence-corrected chi connectivity index (χ4v) is 5.99. The first-order chi connectivity index (χ1) is 18.4. The fraction of sp³-hybridized carbons (Fsp3) is 0.310. The molecule has 0 aliphatic heterocycles. The minimum absolute atomic E-state index is 0.000707. The van der Waals surface area contributed by atoms with Crippen LogP contribution in [0.25, 0.3) is 11.0 Å². The number of carbonyl (C=O) groups excluding carboxylic acids is 1. The maximum absolute atomic E-state index is 13.7. The van der Waals surface area contributed by atoms with E-state index in [1.54, 1.807) is 42.5 Å². The van der Waals surface area contributed by atoms with Crippen LogP contribution in [0.3, 0.4) is 0 Å². The Balaban J connectivity index is 1.70. The van der Waals surface area contributed by atoms with Gasteiger partial charge in [-0.1, -0.05) is 58.4 Å². The highest BCUT2D eigenvalue weighted by Crippen LogP contribution is 2.28. The van der Waals surface area contributed by atoms with Gasteiger partial charge in [-0.2, -0.15) is 8.75 Å². The lowest BCUT2D eigenvalue weighted by molar-refractivity contribution is -0.120. The molecule has 2 N–H and O–H groups in total. The van der Waals surface area contributed by atoms with Crippen LogP contribution >= 0.6 is 11.7 Å². The number of nitrogens with one attached hydrogen (secondary N) is 1. The SMILES string of the molecule is CCCc1cc(C(=O)O)ccc1CC(C(=O)NS(=O)(=O)c1ccc(C(C)(C)C)cc1)c1ccc2nsnc2c1. The lowest BCUT2D eigenvalue weighted by atomic mass is 9.87. The molecule has 39 heavy (non-hydrogen) atoms. The first-order valence-corrected chi connectivity index (χ1v) is 14.8. The lowest BCUT2D eigenvalue weighted by Gasteiger charge is -2.21. The van der Waals surface area contributed by atoms with Crippen LogP contribution in [0.5, 0.6) is 0 Å². The average molecular weight is 566 g/mol. The molecule has 0 saturated heterocycles. The number of carboxylic acids is 1. The predicted octanol–water partition coefficient (Wildman–Crippen LogP) is 5.47. The molecule has 0 aliphatic carbocycles. The topological polar surface area (TPSA) is 126 Å². The number of aromatic nitrogens is 2. The molecule has 0 spiro atoms. The molecule has 1 heterocycles. The number of benzene rings is 3. The number of carbonyl (C=O) groups is 2. The standard InChI is InChI=1S/C29H31N3O5S2/c1-5-6-18-15-21(28(34)35)8-7-19(18)16-24(20-9-14-25-26(17-20)31-38-30-25)27(33)32-39(36,37)23-12-10-22(11-13-23)29(2,3)4/h7-15,17,24H,5-6,16H2,1-4H3,(H,32,33)(H,34,35). The summed E-state index contributed by atoms with van der Waals surface area (Å²) >= 11 is 1.06. The van der Waals surface area contributed by atoms with Crippen molar-refractivity contribution in [2.24, 2.45) is 0 Å². The van der Waals surface area contributed by atoms with Gasteiger partial charge in [0.15, 0.2) is 0 Å². The summed E-state index contributed by atoms with van der Waals surface area (Å²) in [6.45, 7) is 8.09. The summed E-state index contributed by atoms with van der Waals surface area (Å²) in [7, 11) is -4.14. The average Bonchev–Trinajstić information content (AvgIpc) is 3.35. The normalized spacial score (nSPS) is 12.8. The molecule has 4 rings (SSSR count). The van der Waals surface area contributed by atoms with Gasteiger partial charge in [0.1, 0.15) is 11.0 Å². The molecule has 1 unspecified atom stereocenters. The monoisotopic (exact) mass is 565 g/mol. The van der Waals surface area contributed by atoms with Crippen molar-refractivity contribution in [1.29, 1.82) is 0 Å². The van der Waals surface area contributed by atoms with E-state index >= 15 is 0 Å². The van der Waals surface area contributed by atoms with Crippen LogP contribution in [0.2, 0.25) is 0 Å². The molecule has 8 nitrogen and oxygen atoms in total.